The number of rotatable bonds is 2. The Bertz CT molecular complexity index is 236. The van der Waals surface area contributed by atoms with Gasteiger partial charge in [0.25, 0.3) is 0 Å². The molecule has 0 spiro atoms. The number of benzene rings is 1. The van der Waals surface area contributed by atoms with E-state index in [2.05, 4.69) is 42.9 Å². The highest BCUT2D eigenvalue weighted by molar-refractivity contribution is 8.01. The van der Waals surface area contributed by atoms with Gasteiger partial charge in [-0.05, 0) is 29.7 Å². The standard InChI is InChI=1S/C10H12S/c1-9(8-11-2)10-6-4-3-5-7-10/h3-8H,1-2H3. The van der Waals surface area contributed by atoms with Crippen molar-refractivity contribution < 1.29 is 0 Å². The van der Waals surface area contributed by atoms with Crippen molar-refractivity contribution in [1.29, 1.82) is 0 Å². The molecular formula is C10H12S. The highest BCUT2D eigenvalue weighted by atomic mass is 32.2. The lowest BCUT2D eigenvalue weighted by Gasteiger charge is -1.98. The molecule has 0 aliphatic heterocycles. The monoisotopic (exact) mass is 164 g/mol. The zero-order valence-corrected chi connectivity index (χ0v) is 7.69. The molecule has 1 aromatic rings. The molecule has 0 saturated heterocycles. The summed E-state index contributed by atoms with van der Waals surface area (Å²) in [4.78, 5) is 0. The van der Waals surface area contributed by atoms with Crippen molar-refractivity contribution in [1.82, 2.24) is 0 Å². The summed E-state index contributed by atoms with van der Waals surface area (Å²) in [5.41, 5.74) is 2.64. The van der Waals surface area contributed by atoms with E-state index in [4.69, 9.17) is 0 Å². The average Bonchev–Trinajstić information content (AvgIpc) is 2.07. The first-order chi connectivity index (χ1) is 5.34. The smallest absolute Gasteiger partial charge is 0.0142 e. The molecule has 0 nitrogen and oxygen atoms in total. The fraction of sp³-hybridized carbons (Fsp3) is 0.200. The molecular weight excluding hydrogens is 152 g/mol. The fourth-order valence-corrected chi connectivity index (χ4v) is 1.44. The van der Waals surface area contributed by atoms with E-state index in [0.717, 1.165) is 0 Å². The second kappa shape index (κ2) is 4.24. The second-order valence-corrected chi connectivity index (χ2v) is 3.11. The molecule has 0 N–H and O–H groups in total. The van der Waals surface area contributed by atoms with Crippen LogP contribution >= 0.6 is 11.8 Å². The Morgan fingerprint density at radius 3 is 2.45 bits per heavy atom. The molecule has 11 heavy (non-hydrogen) atoms. The first-order valence-electron chi connectivity index (χ1n) is 3.59. The molecule has 0 atom stereocenters. The van der Waals surface area contributed by atoms with Gasteiger partial charge in [0.2, 0.25) is 0 Å². The molecule has 0 fully saturated rings. The van der Waals surface area contributed by atoms with E-state index >= 15 is 0 Å². The third-order valence-electron chi connectivity index (χ3n) is 1.52. The van der Waals surface area contributed by atoms with E-state index in [0.29, 0.717) is 0 Å². The van der Waals surface area contributed by atoms with Gasteiger partial charge in [0.05, 0.1) is 0 Å². The summed E-state index contributed by atoms with van der Waals surface area (Å²) in [6.07, 6.45) is 2.08. The quantitative estimate of drug-likeness (QED) is 0.645. The first kappa shape index (κ1) is 8.41. The average molecular weight is 164 g/mol. The molecule has 0 saturated carbocycles. The van der Waals surface area contributed by atoms with Gasteiger partial charge in [0.15, 0.2) is 0 Å². The Labute approximate surface area is 72.3 Å². The lowest BCUT2D eigenvalue weighted by Crippen LogP contribution is -1.75. The maximum Gasteiger partial charge on any atom is -0.0142 e. The van der Waals surface area contributed by atoms with Gasteiger partial charge in [-0.25, -0.2) is 0 Å². The topological polar surface area (TPSA) is 0 Å². The van der Waals surface area contributed by atoms with E-state index in [1.54, 1.807) is 11.8 Å². The molecule has 1 rings (SSSR count). The van der Waals surface area contributed by atoms with E-state index in [1.165, 1.54) is 11.1 Å². The van der Waals surface area contributed by atoms with Gasteiger partial charge in [0, 0.05) is 0 Å². The third-order valence-corrected chi connectivity index (χ3v) is 2.11. The van der Waals surface area contributed by atoms with Crippen LogP contribution in [0.5, 0.6) is 0 Å². The fourth-order valence-electron chi connectivity index (χ4n) is 0.946. The van der Waals surface area contributed by atoms with Crippen LogP contribution in [0.4, 0.5) is 0 Å². The summed E-state index contributed by atoms with van der Waals surface area (Å²) in [6.45, 7) is 2.13. The molecule has 0 bridgehead atoms. The lowest BCUT2D eigenvalue weighted by molar-refractivity contribution is 1.58. The van der Waals surface area contributed by atoms with Gasteiger partial charge >= 0.3 is 0 Å². The number of hydrogen-bond acceptors (Lipinski definition) is 1. The van der Waals surface area contributed by atoms with Gasteiger partial charge in [-0.1, -0.05) is 30.3 Å². The zero-order chi connectivity index (χ0) is 8.10. The number of allylic oxidation sites excluding steroid dienone is 1. The van der Waals surface area contributed by atoms with Gasteiger partial charge in [-0.15, -0.1) is 11.8 Å². The highest BCUT2D eigenvalue weighted by Gasteiger charge is 1.90. The van der Waals surface area contributed by atoms with Gasteiger partial charge < -0.3 is 0 Å². The molecule has 0 heterocycles. The van der Waals surface area contributed by atoms with Crippen LogP contribution in [0.3, 0.4) is 0 Å². The minimum atomic E-state index is 1.31. The van der Waals surface area contributed by atoms with E-state index in [1.807, 2.05) is 6.07 Å². The largest absolute Gasteiger partial charge is 0.137 e. The van der Waals surface area contributed by atoms with Crippen LogP contribution in [0.1, 0.15) is 12.5 Å². The molecule has 0 amide bonds. The normalized spacial score (nSPS) is 11.6. The minimum Gasteiger partial charge on any atom is -0.137 e. The summed E-state index contributed by atoms with van der Waals surface area (Å²) >= 11 is 1.74. The first-order valence-corrected chi connectivity index (χ1v) is 4.88. The number of thioether (sulfide) groups is 1. The molecule has 0 radical (unpaired) electrons. The van der Waals surface area contributed by atoms with E-state index < -0.39 is 0 Å². The van der Waals surface area contributed by atoms with Crippen molar-refractivity contribution in [2.24, 2.45) is 0 Å². The van der Waals surface area contributed by atoms with E-state index in [-0.39, 0.29) is 0 Å². The summed E-state index contributed by atoms with van der Waals surface area (Å²) < 4.78 is 0. The maximum atomic E-state index is 2.16. The Hall–Kier alpha value is -0.690. The molecule has 58 valence electrons. The third kappa shape index (κ3) is 2.43. The van der Waals surface area contributed by atoms with Gasteiger partial charge in [-0.3, -0.25) is 0 Å². The van der Waals surface area contributed by atoms with E-state index in [9.17, 15) is 0 Å². The van der Waals surface area contributed by atoms with Crippen molar-refractivity contribution in [3.63, 3.8) is 0 Å². The summed E-state index contributed by atoms with van der Waals surface area (Å²) in [5, 5.41) is 2.16. The van der Waals surface area contributed by atoms with Crippen LogP contribution in [0.25, 0.3) is 5.57 Å². The summed E-state index contributed by atoms with van der Waals surface area (Å²) in [5.74, 6) is 0. The second-order valence-electron chi connectivity index (χ2n) is 2.40. The summed E-state index contributed by atoms with van der Waals surface area (Å²) in [6, 6.07) is 10.4. The van der Waals surface area contributed by atoms with Crippen LogP contribution in [0.15, 0.2) is 35.7 Å². The zero-order valence-electron chi connectivity index (χ0n) is 6.87. The molecule has 0 aliphatic carbocycles. The number of hydrogen-bond donors (Lipinski definition) is 0. The van der Waals surface area contributed by atoms with Crippen molar-refractivity contribution >= 4 is 17.3 Å². The lowest BCUT2D eigenvalue weighted by atomic mass is 10.1. The van der Waals surface area contributed by atoms with Crippen LogP contribution in [0.2, 0.25) is 0 Å². The van der Waals surface area contributed by atoms with Crippen molar-refractivity contribution in [2.45, 2.75) is 6.92 Å². The van der Waals surface area contributed by atoms with Crippen molar-refractivity contribution in [3.05, 3.63) is 41.3 Å². The Morgan fingerprint density at radius 2 is 1.91 bits per heavy atom. The molecule has 1 heteroatoms. The Kier molecular flexibility index (Phi) is 3.24. The molecule has 0 unspecified atom stereocenters. The van der Waals surface area contributed by atoms with Crippen LogP contribution in [0, 0.1) is 0 Å². The summed E-state index contributed by atoms with van der Waals surface area (Å²) in [7, 11) is 0. The molecule has 0 aromatic heterocycles. The predicted octanol–water partition coefficient (Wildman–Crippen LogP) is 3.41. The maximum absolute atomic E-state index is 2.16. The van der Waals surface area contributed by atoms with Crippen molar-refractivity contribution in [2.75, 3.05) is 6.26 Å². The minimum absolute atomic E-state index is 1.31. The van der Waals surface area contributed by atoms with Crippen molar-refractivity contribution in [3.8, 4) is 0 Å². The molecule has 0 aliphatic rings. The van der Waals surface area contributed by atoms with Crippen LogP contribution in [-0.4, -0.2) is 6.26 Å². The van der Waals surface area contributed by atoms with Gasteiger partial charge in [-0.2, -0.15) is 0 Å². The SMILES string of the molecule is CSC=C(C)c1ccccc1. The molecule has 1 aromatic carbocycles. The highest BCUT2D eigenvalue weighted by Crippen LogP contribution is 2.15. The van der Waals surface area contributed by atoms with Gasteiger partial charge in [0.1, 0.15) is 0 Å². The van der Waals surface area contributed by atoms with Crippen LogP contribution < -0.4 is 0 Å². The Morgan fingerprint density at radius 1 is 1.27 bits per heavy atom. The Balaban J connectivity index is 2.85. The predicted molar refractivity (Wildman–Crippen MR) is 53.6 cm³/mol. The van der Waals surface area contributed by atoms with Crippen LogP contribution in [-0.2, 0) is 0 Å².